The molecule has 1 aliphatic heterocycles. The monoisotopic (exact) mass is 177 g/mol. The maximum Gasteiger partial charge on any atom is 0.244 e. The highest BCUT2D eigenvalue weighted by Gasteiger charge is 2.27. The number of nitrogens with two attached hydrogens (primary N) is 1. The van der Waals surface area contributed by atoms with Gasteiger partial charge in [-0.05, 0) is 12.1 Å². The van der Waals surface area contributed by atoms with Crippen molar-refractivity contribution in [1.29, 1.82) is 0 Å². The van der Waals surface area contributed by atoms with Crippen molar-refractivity contribution in [3.05, 3.63) is 30.3 Å². The van der Waals surface area contributed by atoms with E-state index in [9.17, 15) is 4.79 Å². The molecule has 1 aliphatic rings. The Morgan fingerprint density at radius 1 is 1.38 bits per heavy atom. The zero-order chi connectivity index (χ0) is 9.26. The summed E-state index contributed by atoms with van der Waals surface area (Å²) in [6, 6.07) is 9.40. The van der Waals surface area contributed by atoms with Crippen molar-refractivity contribution in [3.8, 4) is 0 Å². The first-order valence-corrected chi connectivity index (χ1v) is 4.17. The third-order valence-electron chi connectivity index (χ3n) is 1.95. The fourth-order valence-electron chi connectivity index (χ4n) is 1.36. The molecule has 0 radical (unpaired) electrons. The Balaban J connectivity index is 2.23. The van der Waals surface area contributed by atoms with Gasteiger partial charge >= 0.3 is 0 Å². The van der Waals surface area contributed by atoms with E-state index in [4.69, 9.17) is 5.73 Å². The first-order valence-electron chi connectivity index (χ1n) is 4.17. The molecule has 1 saturated heterocycles. The largest absolute Gasteiger partial charge is 0.314 e. The molecule has 0 saturated carbocycles. The average Bonchev–Trinajstić information content (AvgIpc) is 2.47. The molecule has 1 amide bonds. The van der Waals surface area contributed by atoms with Crippen molar-refractivity contribution < 1.29 is 4.79 Å². The summed E-state index contributed by atoms with van der Waals surface area (Å²) in [5.74, 6) is 0.0127. The molecule has 68 valence electrons. The van der Waals surface area contributed by atoms with Crippen LogP contribution in [0.2, 0.25) is 0 Å². The van der Waals surface area contributed by atoms with E-state index in [1.807, 2.05) is 30.3 Å². The van der Waals surface area contributed by atoms with Crippen molar-refractivity contribution in [3.63, 3.8) is 0 Å². The Hall–Kier alpha value is -1.39. The smallest absolute Gasteiger partial charge is 0.244 e. The van der Waals surface area contributed by atoms with Crippen molar-refractivity contribution in [2.45, 2.75) is 12.6 Å². The second-order valence-corrected chi connectivity index (χ2v) is 3.00. The SMILES string of the molecule is NC1CC(=O)N(c2ccccc2)N1. The van der Waals surface area contributed by atoms with Crippen molar-refractivity contribution >= 4 is 11.6 Å². The molecule has 1 heterocycles. The Morgan fingerprint density at radius 2 is 2.08 bits per heavy atom. The summed E-state index contributed by atoms with van der Waals surface area (Å²) in [6.45, 7) is 0. The van der Waals surface area contributed by atoms with Crippen LogP contribution >= 0.6 is 0 Å². The number of anilines is 1. The second kappa shape index (κ2) is 3.16. The predicted octanol–water partition coefficient (Wildman–Crippen LogP) is 0.213. The van der Waals surface area contributed by atoms with Gasteiger partial charge in [0.1, 0.15) is 0 Å². The lowest BCUT2D eigenvalue weighted by molar-refractivity contribution is -0.117. The number of carbonyl (C=O) groups is 1. The lowest BCUT2D eigenvalue weighted by Gasteiger charge is -2.16. The number of hydrogen-bond acceptors (Lipinski definition) is 3. The van der Waals surface area contributed by atoms with Crippen LogP contribution in [-0.4, -0.2) is 12.1 Å². The number of hydrazine groups is 1. The number of amides is 1. The van der Waals surface area contributed by atoms with Crippen LogP contribution in [0.25, 0.3) is 0 Å². The minimum atomic E-state index is -0.257. The molecule has 0 bridgehead atoms. The molecule has 4 nitrogen and oxygen atoms in total. The zero-order valence-corrected chi connectivity index (χ0v) is 7.10. The van der Waals surface area contributed by atoms with E-state index < -0.39 is 0 Å². The van der Waals surface area contributed by atoms with Gasteiger partial charge in [-0.1, -0.05) is 18.2 Å². The van der Waals surface area contributed by atoms with Gasteiger partial charge in [-0.15, -0.1) is 0 Å². The van der Waals surface area contributed by atoms with Crippen LogP contribution in [-0.2, 0) is 4.79 Å². The highest BCUT2D eigenvalue weighted by Crippen LogP contribution is 2.16. The number of benzene rings is 1. The summed E-state index contributed by atoms with van der Waals surface area (Å²) in [4.78, 5) is 11.4. The van der Waals surface area contributed by atoms with E-state index in [0.29, 0.717) is 6.42 Å². The fourth-order valence-corrected chi connectivity index (χ4v) is 1.36. The predicted molar refractivity (Wildman–Crippen MR) is 49.7 cm³/mol. The van der Waals surface area contributed by atoms with Gasteiger partial charge in [0.2, 0.25) is 5.91 Å². The van der Waals surface area contributed by atoms with Gasteiger partial charge in [-0.2, -0.15) is 0 Å². The van der Waals surface area contributed by atoms with Crippen LogP contribution in [0.4, 0.5) is 5.69 Å². The van der Waals surface area contributed by atoms with E-state index in [-0.39, 0.29) is 12.1 Å². The van der Waals surface area contributed by atoms with Crippen LogP contribution in [0.15, 0.2) is 30.3 Å². The Bertz CT molecular complexity index is 312. The number of para-hydroxylation sites is 1. The molecule has 4 heteroatoms. The summed E-state index contributed by atoms with van der Waals surface area (Å²) in [6.07, 6.45) is 0.0993. The zero-order valence-electron chi connectivity index (χ0n) is 7.10. The molecule has 0 aromatic heterocycles. The Kier molecular flexibility index (Phi) is 2.00. The molecule has 1 aromatic carbocycles. The standard InChI is InChI=1S/C9H11N3O/c10-8-6-9(13)12(11-8)7-4-2-1-3-5-7/h1-5,8,11H,6,10H2. The molecule has 1 fully saturated rings. The van der Waals surface area contributed by atoms with E-state index in [1.165, 1.54) is 5.01 Å². The molecular formula is C9H11N3O. The number of carbonyl (C=O) groups excluding carboxylic acids is 1. The molecule has 2 rings (SSSR count). The van der Waals surface area contributed by atoms with Gasteiger partial charge in [0.05, 0.1) is 18.3 Å². The van der Waals surface area contributed by atoms with E-state index in [0.717, 1.165) is 5.69 Å². The number of rotatable bonds is 1. The van der Waals surface area contributed by atoms with E-state index >= 15 is 0 Å². The first-order chi connectivity index (χ1) is 6.27. The first kappa shape index (κ1) is 8.22. The third kappa shape index (κ3) is 1.54. The minimum Gasteiger partial charge on any atom is -0.314 e. The van der Waals surface area contributed by atoms with Crippen LogP contribution < -0.4 is 16.2 Å². The normalized spacial score (nSPS) is 22.4. The van der Waals surface area contributed by atoms with Gasteiger partial charge in [-0.25, -0.2) is 10.4 Å². The van der Waals surface area contributed by atoms with Gasteiger partial charge in [0.15, 0.2) is 0 Å². The van der Waals surface area contributed by atoms with Gasteiger partial charge in [-0.3, -0.25) is 4.79 Å². The molecule has 3 N–H and O–H groups in total. The van der Waals surface area contributed by atoms with Crippen LogP contribution in [0.3, 0.4) is 0 Å². The lowest BCUT2D eigenvalue weighted by Crippen LogP contribution is -2.41. The quantitative estimate of drug-likeness (QED) is 0.644. The Morgan fingerprint density at radius 3 is 2.62 bits per heavy atom. The summed E-state index contributed by atoms with van der Waals surface area (Å²) in [5.41, 5.74) is 9.29. The number of nitrogens with one attached hydrogen (secondary N) is 1. The minimum absolute atomic E-state index is 0.0127. The van der Waals surface area contributed by atoms with Crippen molar-refractivity contribution in [2.75, 3.05) is 5.01 Å². The van der Waals surface area contributed by atoms with Gasteiger partial charge < -0.3 is 5.73 Å². The number of nitrogens with zero attached hydrogens (tertiary/aromatic N) is 1. The maximum absolute atomic E-state index is 11.4. The third-order valence-corrected chi connectivity index (χ3v) is 1.95. The molecule has 1 aromatic rings. The van der Waals surface area contributed by atoms with E-state index in [2.05, 4.69) is 5.43 Å². The molecule has 1 atom stereocenters. The average molecular weight is 177 g/mol. The summed E-state index contributed by atoms with van der Waals surface area (Å²) >= 11 is 0. The molecule has 0 aliphatic carbocycles. The topological polar surface area (TPSA) is 58.4 Å². The lowest BCUT2D eigenvalue weighted by atomic mass is 10.3. The van der Waals surface area contributed by atoms with E-state index in [1.54, 1.807) is 0 Å². The summed E-state index contributed by atoms with van der Waals surface area (Å²) in [7, 11) is 0. The van der Waals surface area contributed by atoms with Crippen LogP contribution in [0.5, 0.6) is 0 Å². The number of hydrogen-bond donors (Lipinski definition) is 2. The Labute approximate surface area is 76.3 Å². The van der Waals surface area contributed by atoms with Crippen LogP contribution in [0.1, 0.15) is 6.42 Å². The van der Waals surface area contributed by atoms with Crippen LogP contribution in [0, 0.1) is 0 Å². The molecule has 13 heavy (non-hydrogen) atoms. The summed E-state index contributed by atoms with van der Waals surface area (Å²) < 4.78 is 0. The highest BCUT2D eigenvalue weighted by atomic mass is 16.2. The van der Waals surface area contributed by atoms with Gasteiger partial charge in [0, 0.05) is 0 Å². The fraction of sp³-hybridized carbons (Fsp3) is 0.222. The maximum atomic E-state index is 11.4. The summed E-state index contributed by atoms with van der Waals surface area (Å²) in [5, 5.41) is 1.49. The van der Waals surface area contributed by atoms with Gasteiger partial charge in [0.25, 0.3) is 0 Å². The van der Waals surface area contributed by atoms with Crippen molar-refractivity contribution in [2.24, 2.45) is 5.73 Å². The highest BCUT2D eigenvalue weighted by molar-refractivity contribution is 5.94. The molecular weight excluding hydrogens is 166 g/mol. The second-order valence-electron chi connectivity index (χ2n) is 3.00. The van der Waals surface area contributed by atoms with Crippen molar-refractivity contribution in [1.82, 2.24) is 5.43 Å². The molecule has 1 unspecified atom stereocenters. The molecule has 0 spiro atoms.